The Morgan fingerprint density at radius 1 is 0.852 bits per heavy atom. The highest BCUT2D eigenvalue weighted by Crippen LogP contribution is 2.30. The molecular weight excluding hydrogens is 348 g/mol. The third kappa shape index (κ3) is 2.87. The maximum atomic E-state index is 14.6. The van der Waals surface area contributed by atoms with Crippen LogP contribution in [0.1, 0.15) is 0 Å². The molecule has 4 aromatic rings. The highest BCUT2D eigenvalue weighted by molar-refractivity contribution is 5.95. The van der Waals surface area contributed by atoms with E-state index in [1.54, 1.807) is 12.1 Å². The average Bonchev–Trinajstić information content (AvgIpc) is 2.69. The molecule has 134 valence electrons. The van der Waals surface area contributed by atoms with Crippen LogP contribution >= 0.6 is 0 Å². The van der Waals surface area contributed by atoms with Gasteiger partial charge in [-0.25, -0.2) is 8.78 Å². The molecule has 1 heterocycles. The van der Waals surface area contributed by atoms with Crippen LogP contribution in [0.15, 0.2) is 77.6 Å². The van der Waals surface area contributed by atoms with Gasteiger partial charge >= 0.3 is 0 Å². The summed E-state index contributed by atoms with van der Waals surface area (Å²) in [7, 11) is 1.32. The van der Waals surface area contributed by atoms with Crippen LogP contribution in [0.3, 0.4) is 0 Å². The van der Waals surface area contributed by atoms with Gasteiger partial charge < -0.3 is 4.74 Å². The fraction of sp³-hybridized carbons (Fsp3) is 0.0455. The zero-order chi connectivity index (χ0) is 19.0. The number of para-hydroxylation sites is 1. The molecule has 0 spiro atoms. The summed E-state index contributed by atoms with van der Waals surface area (Å²) >= 11 is 0. The highest BCUT2D eigenvalue weighted by Gasteiger charge is 2.19. The van der Waals surface area contributed by atoms with E-state index in [0.717, 1.165) is 27.6 Å². The standard InChI is InChI=1S/C22H15F2NO2/c1-27-15-11-18(23)22(19(24)12-15)25-20-10-6-5-9-16(20)17(13-21(25)26)14-7-3-2-4-8-14/h2-13H,1H3. The summed E-state index contributed by atoms with van der Waals surface area (Å²) in [5.74, 6) is -1.69. The van der Waals surface area contributed by atoms with E-state index >= 15 is 0 Å². The van der Waals surface area contributed by atoms with Gasteiger partial charge in [0.15, 0.2) is 11.6 Å². The predicted octanol–water partition coefficient (Wildman–Crippen LogP) is 4.94. The Kier molecular flexibility index (Phi) is 4.20. The molecule has 3 aromatic carbocycles. The van der Waals surface area contributed by atoms with Crippen molar-refractivity contribution >= 4 is 10.9 Å². The van der Waals surface area contributed by atoms with Gasteiger partial charge in [-0.2, -0.15) is 0 Å². The number of hydrogen-bond donors (Lipinski definition) is 0. The van der Waals surface area contributed by atoms with Crippen LogP contribution in [0.4, 0.5) is 8.78 Å². The maximum absolute atomic E-state index is 14.6. The van der Waals surface area contributed by atoms with E-state index in [2.05, 4.69) is 0 Å². The molecule has 0 radical (unpaired) electrons. The Hall–Kier alpha value is -3.47. The molecule has 0 unspecified atom stereocenters. The van der Waals surface area contributed by atoms with Gasteiger partial charge in [0.1, 0.15) is 11.4 Å². The van der Waals surface area contributed by atoms with E-state index in [1.165, 1.54) is 13.2 Å². The number of hydrogen-bond acceptors (Lipinski definition) is 2. The average molecular weight is 363 g/mol. The van der Waals surface area contributed by atoms with Crippen molar-refractivity contribution in [2.45, 2.75) is 0 Å². The fourth-order valence-electron chi connectivity index (χ4n) is 3.24. The van der Waals surface area contributed by atoms with Crippen LogP contribution in [-0.2, 0) is 0 Å². The lowest BCUT2D eigenvalue weighted by atomic mass is 10.0. The van der Waals surface area contributed by atoms with E-state index in [4.69, 9.17) is 4.74 Å². The topological polar surface area (TPSA) is 31.2 Å². The number of halogens is 2. The zero-order valence-electron chi connectivity index (χ0n) is 14.4. The van der Waals surface area contributed by atoms with Gasteiger partial charge in [-0.15, -0.1) is 0 Å². The molecule has 3 nitrogen and oxygen atoms in total. The summed E-state index contributed by atoms with van der Waals surface area (Å²) in [6.45, 7) is 0. The Bertz CT molecular complexity index is 1180. The van der Waals surface area contributed by atoms with E-state index in [9.17, 15) is 13.6 Å². The van der Waals surface area contributed by atoms with Gasteiger partial charge in [0.05, 0.1) is 12.6 Å². The van der Waals surface area contributed by atoms with E-state index in [0.29, 0.717) is 11.1 Å². The molecule has 0 aliphatic rings. The summed E-state index contributed by atoms with van der Waals surface area (Å²) in [6.07, 6.45) is 0. The second kappa shape index (κ2) is 6.68. The number of methoxy groups -OCH3 is 1. The third-order valence-electron chi connectivity index (χ3n) is 4.46. The minimum Gasteiger partial charge on any atom is -0.497 e. The molecule has 0 fully saturated rings. The van der Waals surface area contributed by atoms with Crippen molar-refractivity contribution in [1.29, 1.82) is 0 Å². The predicted molar refractivity (Wildman–Crippen MR) is 101 cm³/mol. The highest BCUT2D eigenvalue weighted by atomic mass is 19.1. The minimum atomic E-state index is -0.869. The summed E-state index contributed by atoms with van der Waals surface area (Å²) in [5, 5.41) is 0.720. The third-order valence-corrected chi connectivity index (χ3v) is 4.46. The zero-order valence-corrected chi connectivity index (χ0v) is 14.4. The first kappa shape index (κ1) is 17.0. The number of nitrogens with zero attached hydrogens (tertiary/aromatic N) is 1. The van der Waals surface area contributed by atoms with E-state index in [1.807, 2.05) is 42.5 Å². The Balaban J connectivity index is 2.08. The molecule has 5 heteroatoms. The maximum Gasteiger partial charge on any atom is 0.256 e. The first-order valence-corrected chi connectivity index (χ1v) is 8.34. The molecule has 0 atom stereocenters. The molecule has 0 bridgehead atoms. The van der Waals surface area contributed by atoms with Crippen molar-refractivity contribution in [2.24, 2.45) is 0 Å². The van der Waals surface area contributed by atoms with Gasteiger partial charge in [-0.3, -0.25) is 9.36 Å². The number of benzene rings is 3. The second-order valence-electron chi connectivity index (χ2n) is 6.05. The lowest BCUT2D eigenvalue weighted by Crippen LogP contribution is -2.20. The van der Waals surface area contributed by atoms with Gasteiger partial charge in [0, 0.05) is 23.6 Å². The van der Waals surface area contributed by atoms with Crippen LogP contribution in [0.5, 0.6) is 5.75 Å². The quantitative estimate of drug-likeness (QED) is 0.516. The Morgan fingerprint density at radius 3 is 2.15 bits per heavy atom. The van der Waals surface area contributed by atoms with Gasteiger partial charge in [0.2, 0.25) is 0 Å². The number of pyridine rings is 1. The van der Waals surface area contributed by atoms with E-state index in [-0.39, 0.29) is 5.75 Å². The van der Waals surface area contributed by atoms with E-state index < -0.39 is 22.9 Å². The van der Waals surface area contributed by atoms with Gasteiger partial charge in [-0.05, 0) is 17.2 Å². The largest absolute Gasteiger partial charge is 0.497 e. The summed E-state index contributed by atoms with van der Waals surface area (Å²) < 4.78 is 35.2. The molecule has 1 aromatic heterocycles. The van der Waals surface area contributed by atoms with Crippen LogP contribution < -0.4 is 10.3 Å². The van der Waals surface area contributed by atoms with Gasteiger partial charge in [-0.1, -0.05) is 48.5 Å². The summed E-state index contributed by atoms with van der Waals surface area (Å²) in [4.78, 5) is 12.9. The first-order chi connectivity index (χ1) is 13.1. The molecule has 0 saturated heterocycles. The summed E-state index contributed by atoms with van der Waals surface area (Å²) in [5.41, 5.74) is 1.05. The SMILES string of the molecule is COc1cc(F)c(-n2c(=O)cc(-c3ccccc3)c3ccccc32)c(F)c1. The number of rotatable bonds is 3. The number of fused-ring (bicyclic) bond motifs is 1. The molecule has 4 rings (SSSR count). The normalized spacial score (nSPS) is 10.9. The second-order valence-corrected chi connectivity index (χ2v) is 6.05. The minimum absolute atomic E-state index is 0.0482. The Morgan fingerprint density at radius 2 is 1.48 bits per heavy atom. The first-order valence-electron chi connectivity index (χ1n) is 8.34. The lowest BCUT2D eigenvalue weighted by molar-refractivity contribution is 0.406. The molecule has 0 aliphatic heterocycles. The summed E-state index contributed by atoms with van der Waals surface area (Å²) in [6, 6.07) is 20.0. The van der Waals surface area contributed by atoms with Crippen LogP contribution in [-0.4, -0.2) is 11.7 Å². The van der Waals surface area contributed by atoms with Crippen molar-refractivity contribution in [3.8, 4) is 22.6 Å². The molecule has 0 saturated carbocycles. The van der Waals surface area contributed by atoms with Crippen molar-refractivity contribution in [3.63, 3.8) is 0 Å². The molecule has 0 N–H and O–H groups in total. The van der Waals surface area contributed by atoms with Crippen LogP contribution in [0.2, 0.25) is 0 Å². The van der Waals surface area contributed by atoms with Gasteiger partial charge in [0.25, 0.3) is 5.56 Å². The molecule has 0 aliphatic carbocycles. The monoisotopic (exact) mass is 363 g/mol. The molecule has 0 amide bonds. The van der Waals surface area contributed by atoms with Crippen molar-refractivity contribution in [1.82, 2.24) is 4.57 Å². The fourth-order valence-corrected chi connectivity index (χ4v) is 3.24. The van der Waals surface area contributed by atoms with Crippen LogP contribution in [0, 0.1) is 11.6 Å². The molecular formula is C22H15F2NO2. The van der Waals surface area contributed by atoms with Crippen LogP contribution in [0.25, 0.3) is 27.7 Å². The number of aromatic nitrogens is 1. The number of ether oxygens (including phenoxy) is 1. The van der Waals surface area contributed by atoms with Crippen molar-refractivity contribution in [3.05, 3.63) is 94.8 Å². The molecule has 27 heavy (non-hydrogen) atoms. The van der Waals surface area contributed by atoms with Crippen molar-refractivity contribution < 1.29 is 13.5 Å². The lowest BCUT2D eigenvalue weighted by Gasteiger charge is -2.15. The van der Waals surface area contributed by atoms with Crippen molar-refractivity contribution in [2.75, 3.05) is 7.11 Å². The Labute approximate surface area is 154 Å². The smallest absolute Gasteiger partial charge is 0.256 e.